The smallest absolute Gasteiger partial charge is 0.137 e. The van der Waals surface area contributed by atoms with Crippen molar-refractivity contribution in [1.82, 2.24) is 14.9 Å². The van der Waals surface area contributed by atoms with E-state index in [2.05, 4.69) is 46.1 Å². The number of nitrogens with one attached hydrogen (secondary N) is 1. The van der Waals surface area contributed by atoms with Crippen LogP contribution in [0.5, 0.6) is 0 Å². The highest BCUT2D eigenvalue weighted by Crippen LogP contribution is 2.25. The van der Waals surface area contributed by atoms with Gasteiger partial charge in [0.15, 0.2) is 0 Å². The van der Waals surface area contributed by atoms with Gasteiger partial charge in [-0.2, -0.15) is 0 Å². The number of aromatic nitrogens is 2. The number of benzene rings is 1. The van der Waals surface area contributed by atoms with Crippen LogP contribution in [0.3, 0.4) is 0 Å². The lowest BCUT2D eigenvalue weighted by Crippen LogP contribution is -2.28. The van der Waals surface area contributed by atoms with Gasteiger partial charge in [0.2, 0.25) is 0 Å². The van der Waals surface area contributed by atoms with Crippen LogP contribution in [0.25, 0.3) is 22.4 Å². The van der Waals surface area contributed by atoms with Gasteiger partial charge in [-0.05, 0) is 38.4 Å². The van der Waals surface area contributed by atoms with Gasteiger partial charge in [0.25, 0.3) is 0 Å². The van der Waals surface area contributed by atoms with E-state index in [1.54, 1.807) is 6.20 Å². The zero-order valence-electron chi connectivity index (χ0n) is 12.9. The predicted molar refractivity (Wildman–Crippen MR) is 87.8 cm³/mol. The molecule has 4 rings (SSSR count). The third-order valence-corrected chi connectivity index (χ3v) is 4.68. The summed E-state index contributed by atoms with van der Waals surface area (Å²) in [5.41, 5.74) is 2.00. The molecule has 114 valence electrons. The molecule has 3 heterocycles. The standard InChI is InChI=1S/C18H21N3O/c1-13-3-2-9-21(13)10-6-16-11-14-4-5-15(12-17(14)22-16)18-19-7-8-20-18/h4-5,7-8,11-13H,2-3,6,9-10H2,1H3,(H,19,20). The normalized spacial score (nSPS) is 19.2. The van der Waals surface area contributed by atoms with Crippen LogP contribution in [0.15, 0.2) is 41.1 Å². The van der Waals surface area contributed by atoms with Crippen LogP contribution in [0.1, 0.15) is 25.5 Å². The lowest BCUT2D eigenvalue weighted by atomic mass is 10.1. The molecule has 1 unspecified atom stereocenters. The second-order valence-corrected chi connectivity index (χ2v) is 6.18. The molecular weight excluding hydrogens is 274 g/mol. The number of nitrogens with zero attached hydrogens (tertiary/aromatic N) is 2. The first kappa shape index (κ1) is 13.6. The van der Waals surface area contributed by atoms with Crippen molar-refractivity contribution in [2.45, 2.75) is 32.2 Å². The maximum atomic E-state index is 6.03. The third-order valence-electron chi connectivity index (χ3n) is 4.68. The molecule has 1 aliphatic rings. The Kier molecular flexibility index (Phi) is 3.47. The molecule has 1 saturated heterocycles. The van der Waals surface area contributed by atoms with E-state index < -0.39 is 0 Å². The van der Waals surface area contributed by atoms with Gasteiger partial charge in [-0.15, -0.1) is 0 Å². The maximum absolute atomic E-state index is 6.03. The number of likely N-dealkylation sites (tertiary alicyclic amines) is 1. The molecule has 0 saturated carbocycles. The van der Waals surface area contributed by atoms with Crippen LogP contribution >= 0.6 is 0 Å². The quantitative estimate of drug-likeness (QED) is 0.795. The third kappa shape index (κ3) is 2.55. The molecule has 0 amide bonds. The molecule has 2 aromatic heterocycles. The number of fused-ring (bicyclic) bond motifs is 1. The van der Waals surface area contributed by atoms with Gasteiger partial charge >= 0.3 is 0 Å². The second kappa shape index (κ2) is 5.61. The number of imidazole rings is 1. The predicted octanol–water partition coefficient (Wildman–Crippen LogP) is 3.85. The van der Waals surface area contributed by atoms with Gasteiger partial charge in [0.05, 0.1) is 0 Å². The Morgan fingerprint density at radius 2 is 2.32 bits per heavy atom. The fourth-order valence-corrected chi connectivity index (χ4v) is 3.36. The van der Waals surface area contributed by atoms with E-state index in [0.717, 1.165) is 41.7 Å². The molecule has 1 aliphatic heterocycles. The summed E-state index contributed by atoms with van der Waals surface area (Å²) in [6, 6.07) is 9.15. The van der Waals surface area contributed by atoms with E-state index in [9.17, 15) is 0 Å². The molecule has 1 N–H and O–H groups in total. The Morgan fingerprint density at radius 1 is 1.36 bits per heavy atom. The average molecular weight is 295 g/mol. The van der Waals surface area contributed by atoms with Crippen molar-refractivity contribution in [3.05, 3.63) is 42.4 Å². The van der Waals surface area contributed by atoms with E-state index >= 15 is 0 Å². The zero-order valence-corrected chi connectivity index (χ0v) is 12.9. The molecule has 22 heavy (non-hydrogen) atoms. The molecular formula is C18H21N3O. The van der Waals surface area contributed by atoms with Crippen molar-refractivity contribution in [2.75, 3.05) is 13.1 Å². The number of H-pyrrole nitrogens is 1. The highest BCUT2D eigenvalue weighted by Gasteiger charge is 2.20. The summed E-state index contributed by atoms with van der Waals surface area (Å²) < 4.78 is 6.03. The summed E-state index contributed by atoms with van der Waals surface area (Å²) in [5.74, 6) is 1.96. The molecule has 1 aromatic carbocycles. The van der Waals surface area contributed by atoms with E-state index in [-0.39, 0.29) is 0 Å². The summed E-state index contributed by atoms with van der Waals surface area (Å²) in [7, 11) is 0. The van der Waals surface area contributed by atoms with Crippen molar-refractivity contribution in [1.29, 1.82) is 0 Å². The summed E-state index contributed by atoms with van der Waals surface area (Å²) in [5, 5.41) is 1.17. The van der Waals surface area contributed by atoms with Gasteiger partial charge < -0.3 is 14.3 Å². The first-order valence-corrected chi connectivity index (χ1v) is 8.06. The van der Waals surface area contributed by atoms with E-state index in [1.807, 2.05) is 6.20 Å². The number of hydrogen-bond donors (Lipinski definition) is 1. The minimum absolute atomic E-state index is 0.718. The van der Waals surface area contributed by atoms with Gasteiger partial charge in [0.1, 0.15) is 17.2 Å². The molecule has 0 spiro atoms. The van der Waals surface area contributed by atoms with Crippen LogP contribution in [0, 0.1) is 0 Å². The summed E-state index contributed by atoms with van der Waals surface area (Å²) in [6.45, 7) is 4.64. The SMILES string of the molecule is CC1CCCN1CCc1cc2ccc(-c3ncc[nH]3)cc2o1. The number of hydrogen-bond acceptors (Lipinski definition) is 3. The van der Waals surface area contributed by atoms with Crippen molar-refractivity contribution in [3.8, 4) is 11.4 Å². The summed E-state index contributed by atoms with van der Waals surface area (Å²) in [6.07, 6.45) is 7.24. The highest BCUT2D eigenvalue weighted by atomic mass is 16.3. The maximum Gasteiger partial charge on any atom is 0.137 e. The van der Waals surface area contributed by atoms with E-state index in [1.165, 1.54) is 24.8 Å². The Labute approximate surface area is 130 Å². The van der Waals surface area contributed by atoms with Crippen LogP contribution in [0.4, 0.5) is 0 Å². The fourth-order valence-electron chi connectivity index (χ4n) is 3.36. The van der Waals surface area contributed by atoms with E-state index in [4.69, 9.17) is 4.42 Å². The number of furan rings is 1. The molecule has 0 bridgehead atoms. The molecule has 0 radical (unpaired) electrons. The highest BCUT2D eigenvalue weighted by molar-refractivity contribution is 5.82. The lowest BCUT2D eigenvalue weighted by Gasteiger charge is -2.19. The van der Waals surface area contributed by atoms with Crippen molar-refractivity contribution in [2.24, 2.45) is 0 Å². The first-order chi connectivity index (χ1) is 10.8. The molecule has 1 fully saturated rings. The average Bonchev–Trinajstić information content (AvgIpc) is 3.25. The van der Waals surface area contributed by atoms with Crippen LogP contribution in [0.2, 0.25) is 0 Å². The Hall–Kier alpha value is -2.07. The first-order valence-electron chi connectivity index (χ1n) is 8.06. The second-order valence-electron chi connectivity index (χ2n) is 6.18. The number of rotatable bonds is 4. The Bertz CT molecular complexity index is 760. The van der Waals surface area contributed by atoms with Crippen LogP contribution in [-0.2, 0) is 6.42 Å². The molecule has 4 heteroatoms. The van der Waals surface area contributed by atoms with Gasteiger partial charge in [-0.3, -0.25) is 0 Å². The molecule has 4 nitrogen and oxygen atoms in total. The largest absolute Gasteiger partial charge is 0.461 e. The molecule has 0 aliphatic carbocycles. The van der Waals surface area contributed by atoms with Gasteiger partial charge in [-0.25, -0.2) is 4.98 Å². The van der Waals surface area contributed by atoms with Crippen molar-refractivity contribution >= 4 is 11.0 Å². The fraction of sp³-hybridized carbons (Fsp3) is 0.389. The minimum atomic E-state index is 0.718. The van der Waals surface area contributed by atoms with Crippen LogP contribution in [-0.4, -0.2) is 34.0 Å². The summed E-state index contributed by atoms with van der Waals surface area (Å²) >= 11 is 0. The molecule has 3 aromatic rings. The topological polar surface area (TPSA) is 45.1 Å². The van der Waals surface area contributed by atoms with Crippen molar-refractivity contribution < 1.29 is 4.42 Å². The Balaban J connectivity index is 1.53. The number of aromatic amines is 1. The Morgan fingerprint density at radius 3 is 3.09 bits per heavy atom. The monoisotopic (exact) mass is 295 g/mol. The van der Waals surface area contributed by atoms with Crippen molar-refractivity contribution in [3.63, 3.8) is 0 Å². The lowest BCUT2D eigenvalue weighted by molar-refractivity contribution is 0.266. The molecule has 1 atom stereocenters. The van der Waals surface area contributed by atoms with E-state index in [0.29, 0.717) is 0 Å². The zero-order chi connectivity index (χ0) is 14.9. The van der Waals surface area contributed by atoms with Gasteiger partial charge in [0, 0.05) is 42.4 Å². The minimum Gasteiger partial charge on any atom is -0.461 e. The van der Waals surface area contributed by atoms with Gasteiger partial charge in [-0.1, -0.05) is 12.1 Å². The van der Waals surface area contributed by atoms with Crippen LogP contribution < -0.4 is 0 Å². The summed E-state index contributed by atoms with van der Waals surface area (Å²) in [4.78, 5) is 9.98.